The van der Waals surface area contributed by atoms with E-state index in [0.717, 1.165) is 29.8 Å². The molecule has 4 rings (SSSR count). The summed E-state index contributed by atoms with van der Waals surface area (Å²) >= 11 is 0. The van der Waals surface area contributed by atoms with Crippen molar-refractivity contribution in [1.29, 1.82) is 0 Å². The van der Waals surface area contributed by atoms with Crippen molar-refractivity contribution < 1.29 is 32.6 Å². The third kappa shape index (κ3) is 4.91. The van der Waals surface area contributed by atoms with Gasteiger partial charge in [0.1, 0.15) is 29.7 Å². The second kappa shape index (κ2) is 9.55. The molecule has 1 aromatic heterocycles. The predicted molar refractivity (Wildman–Crippen MR) is 113 cm³/mol. The lowest BCUT2D eigenvalue weighted by molar-refractivity contribution is -0.121. The van der Waals surface area contributed by atoms with E-state index in [1.54, 1.807) is 24.1 Å². The number of aryl methyl sites for hydroxylation is 1. The molecule has 0 atom stereocenters. The van der Waals surface area contributed by atoms with Gasteiger partial charge in [0, 0.05) is 12.2 Å². The molecule has 8 heteroatoms. The van der Waals surface area contributed by atoms with Crippen molar-refractivity contribution in [2.45, 2.75) is 19.4 Å². The van der Waals surface area contributed by atoms with Gasteiger partial charge in [-0.3, -0.25) is 4.79 Å². The summed E-state index contributed by atoms with van der Waals surface area (Å²) in [5.41, 5.74) is 1.82. The SMILES string of the molecule is COc1ccc2c(c1)CCCN2C(=O)COC(=O)c1ccc(COc2ccc(F)cc2)o1. The summed E-state index contributed by atoms with van der Waals surface area (Å²) in [5, 5.41) is 0. The number of carbonyl (C=O) groups is 2. The lowest BCUT2D eigenvalue weighted by Crippen LogP contribution is -2.38. The normalized spacial score (nSPS) is 12.8. The number of hydrogen-bond acceptors (Lipinski definition) is 6. The van der Waals surface area contributed by atoms with Crippen LogP contribution in [0.4, 0.5) is 10.1 Å². The molecule has 7 nitrogen and oxygen atoms in total. The number of amides is 1. The number of carbonyl (C=O) groups excluding carboxylic acids is 2. The third-order valence-corrected chi connectivity index (χ3v) is 5.09. The molecule has 0 fully saturated rings. The number of methoxy groups -OCH3 is 1. The first-order valence-electron chi connectivity index (χ1n) is 10.1. The van der Waals surface area contributed by atoms with E-state index in [4.69, 9.17) is 18.6 Å². The average molecular weight is 439 g/mol. The van der Waals surface area contributed by atoms with Crippen molar-refractivity contribution in [1.82, 2.24) is 0 Å². The van der Waals surface area contributed by atoms with E-state index in [2.05, 4.69) is 0 Å². The Hall–Kier alpha value is -3.81. The van der Waals surface area contributed by atoms with Gasteiger partial charge in [-0.15, -0.1) is 0 Å². The lowest BCUT2D eigenvalue weighted by atomic mass is 10.0. The average Bonchev–Trinajstić information content (AvgIpc) is 3.30. The maximum absolute atomic E-state index is 12.9. The van der Waals surface area contributed by atoms with Gasteiger partial charge in [-0.2, -0.15) is 0 Å². The zero-order valence-electron chi connectivity index (χ0n) is 17.5. The van der Waals surface area contributed by atoms with E-state index in [0.29, 0.717) is 18.1 Å². The van der Waals surface area contributed by atoms with Gasteiger partial charge in [0.2, 0.25) is 5.76 Å². The van der Waals surface area contributed by atoms with E-state index in [9.17, 15) is 14.0 Å². The first kappa shape index (κ1) is 21.4. The minimum absolute atomic E-state index is 0.0284. The lowest BCUT2D eigenvalue weighted by Gasteiger charge is -2.29. The molecular weight excluding hydrogens is 417 g/mol. The van der Waals surface area contributed by atoms with Crippen LogP contribution < -0.4 is 14.4 Å². The molecule has 1 aliphatic heterocycles. The molecule has 2 heterocycles. The van der Waals surface area contributed by atoms with Gasteiger partial charge in [0.05, 0.1) is 7.11 Å². The number of halogens is 1. The van der Waals surface area contributed by atoms with E-state index in [-0.39, 0.29) is 24.1 Å². The highest BCUT2D eigenvalue weighted by Gasteiger charge is 2.24. The number of benzene rings is 2. The minimum atomic E-state index is -0.738. The number of esters is 1. The summed E-state index contributed by atoms with van der Waals surface area (Å²) in [7, 11) is 1.60. The quantitative estimate of drug-likeness (QED) is 0.515. The molecule has 0 unspecified atom stereocenters. The van der Waals surface area contributed by atoms with Gasteiger partial charge < -0.3 is 23.5 Å². The Balaban J connectivity index is 1.31. The van der Waals surface area contributed by atoms with Gasteiger partial charge in [-0.25, -0.2) is 9.18 Å². The highest BCUT2D eigenvalue weighted by atomic mass is 19.1. The van der Waals surface area contributed by atoms with Gasteiger partial charge >= 0.3 is 5.97 Å². The summed E-state index contributed by atoms with van der Waals surface area (Å²) in [6.45, 7) is 0.222. The van der Waals surface area contributed by atoms with E-state index < -0.39 is 12.6 Å². The molecule has 0 aliphatic carbocycles. The molecule has 2 aromatic carbocycles. The monoisotopic (exact) mass is 439 g/mol. The highest BCUT2D eigenvalue weighted by molar-refractivity contribution is 5.97. The van der Waals surface area contributed by atoms with Crippen LogP contribution in [0.2, 0.25) is 0 Å². The van der Waals surface area contributed by atoms with Crippen molar-refractivity contribution in [3.63, 3.8) is 0 Å². The summed E-state index contributed by atoms with van der Waals surface area (Å²) in [5.74, 6) is 0.168. The van der Waals surface area contributed by atoms with Crippen molar-refractivity contribution in [2.24, 2.45) is 0 Å². The second-order valence-electron chi connectivity index (χ2n) is 7.23. The van der Waals surface area contributed by atoms with Crippen molar-refractivity contribution in [2.75, 3.05) is 25.2 Å². The maximum atomic E-state index is 12.9. The van der Waals surface area contributed by atoms with Crippen molar-refractivity contribution in [3.8, 4) is 11.5 Å². The minimum Gasteiger partial charge on any atom is -0.497 e. The molecule has 0 radical (unpaired) electrons. The Bertz CT molecular complexity index is 1110. The van der Waals surface area contributed by atoms with Crippen molar-refractivity contribution >= 4 is 17.6 Å². The number of rotatable bonds is 7. The van der Waals surface area contributed by atoms with E-state index in [1.807, 2.05) is 12.1 Å². The van der Waals surface area contributed by atoms with Gasteiger partial charge in [0.25, 0.3) is 5.91 Å². The van der Waals surface area contributed by atoms with Crippen LogP contribution in [0, 0.1) is 5.82 Å². The van der Waals surface area contributed by atoms with Crippen LogP contribution in [0.5, 0.6) is 11.5 Å². The topological polar surface area (TPSA) is 78.2 Å². The number of furan rings is 1. The van der Waals surface area contributed by atoms with Crippen LogP contribution in [0.15, 0.2) is 59.0 Å². The van der Waals surface area contributed by atoms with Crippen LogP contribution in [0.1, 0.15) is 28.3 Å². The van der Waals surface area contributed by atoms with E-state index in [1.165, 1.54) is 30.3 Å². The molecular formula is C24H22FNO6. The Morgan fingerprint density at radius 2 is 1.84 bits per heavy atom. The summed E-state index contributed by atoms with van der Waals surface area (Å²) in [6.07, 6.45) is 1.67. The first-order valence-corrected chi connectivity index (χ1v) is 10.1. The molecule has 32 heavy (non-hydrogen) atoms. The fourth-order valence-electron chi connectivity index (χ4n) is 3.49. The number of nitrogens with zero attached hydrogens (tertiary/aromatic N) is 1. The standard InChI is InChI=1S/C24H22FNO6/c1-29-19-8-10-21-16(13-19)3-2-12-26(21)23(27)15-31-24(28)22-11-9-20(32-22)14-30-18-6-4-17(25)5-7-18/h4-11,13H,2-3,12,14-15H2,1H3. The number of ether oxygens (including phenoxy) is 3. The highest BCUT2D eigenvalue weighted by Crippen LogP contribution is 2.30. The molecule has 0 spiro atoms. The molecule has 1 aliphatic rings. The van der Waals surface area contributed by atoms with Crippen LogP contribution in [0.3, 0.4) is 0 Å². The summed E-state index contributed by atoms with van der Waals surface area (Å²) in [4.78, 5) is 26.6. The molecule has 1 amide bonds. The van der Waals surface area contributed by atoms with Gasteiger partial charge in [0.15, 0.2) is 6.61 Å². The maximum Gasteiger partial charge on any atom is 0.374 e. The zero-order chi connectivity index (χ0) is 22.5. The van der Waals surface area contributed by atoms with Gasteiger partial charge in [-0.05, 0) is 73.0 Å². The summed E-state index contributed by atoms with van der Waals surface area (Å²) < 4.78 is 34.3. The second-order valence-corrected chi connectivity index (χ2v) is 7.23. The van der Waals surface area contributed by atoms with Crippen LogP contribution in [-0.4, -0.2) is 32.1 Å². The Kier molecular flexibility index (Phi) is 6.39. The summed E-state index contributed by atoms with van der Waals surface area (Å²) in [6, 6.07) is 14.2. The van der Waals surface area contributed by atoms with Crippen molar-refractivity contribution in [3.05, 3.63) is 77.5 Å². The molecule has 166 valence electrons. The largest absolute Gasteiger partial charge is 0.497 e. The molecule has 0 saturated carbocycles. The fourth-order valence-corrected chi connectivity index (χ4v) is 3.49. The van der Waals surface area contributed by atoms with Crippen LogP contribution in [-0.2, 0) is 22.6 Å². The number of fused-ring (bicyclic) bond motifs is 1. The molecule has 0 N–H and O–H groups in total. The fraction of sp³-hybridized carbons (Fsp3) is 0.250. The third-order valence-electron chi connectivity index (χ3n) is 5.09. The smallest absolute Gasteiger partial charge is 0.374 e. The predicted octanol–water partition coefficient (Wildman–Crippen LogP) is 4.14. The Morgan fingerprint density at radius 1 is 1.06 bits per heavy atom. The van der Waals surface area contributed by atoms with Gasteiger partial charge in [-0.1, -0.05) is 0 Å². The Morgan fingerprint density at radius 3 is 2.62 bits per heavy atom. The molecule has 0 bridgehead atoms. The first-order chi connectivity index (χ1) is 15.5. The number of hydrogen-bond donors (Lipinski definition) is 0. The van der Waals surface area contributed by atoms with Crippen LogP contribution in [0.25, 0.3) is 0 Å². The Labute approximate surface area is 184 Å². The molecule has 0 saturated heterocycles. The zero-order valence-corrected chi connectivity index (χ0v) is 17.5. The van der Waals surface area contributed by atoms with E-state index >= 15 is 0 Å². The molecule has 3 aromatic rings. The number of anilines is 1. The van der Waals surface area contributed by atoms with Crippen LogP contribution >= 0.6 is 0 Å².